The summed E-state index contributed by atoms with van der Waals surface area (Å²) in [6.07, 6.45) is 8.00. The molecule has 9 nitrogen and oxygen atoms in total. The highest BCUT2D eigenvalue weighted by Crippen LogP contribution is 2.20. The number of pyridine rings is 1. The first-order chi connectivity index (χ1) is 13.8. The molecule has 4 aromatic heterocycles. The number of aryl methyl sites for hydroxylation is 1. The molecule has 5 heterocycles. The summed E-state index contributed by atoms with van der Waals surface area (Å²) in [4.78, 5) is 15.4. The summed E-state index contributed by atoms with van der Waals surface area (Å²) in [5.41, 5.74) is 1.71. The summed E-state index contributed by atoms with van der Waals surface area (Å²) in [6.45, 7) is 2.38. The molecule has 140 valence electrons. The molecular formula is C19H19N9. The van der Waals surface area contributed by atoms with Crippen LogP contribution in [0.3, 0.4) is 0 Å². The van der Waals surface area contributed by atoms with Crippen molar-refractivity contribution >= 4 is 5.82 Å². The number of aromatic nitrogens is 8. The van der Waals surface area contributed by atoms with E-state index in [0.717, 1.165) is 60.6 Å². The molecule has 0 atom stereocenters. The molecule has 0 aromatic carbocycles. The number of hydrogen-bond acceptors (Lipinski definition) is 7. The van der Waals surface area contributed by atoms with Crippen LogP contribution >= 0.6 is 0 Å². The standard InChI is InChI=1S/C19H19N9/c1-26-10-8-21-19(26)15-4-5-17(24-23-15)27-9-6-16-22-18(25-28(16)12-11-27)14-3-2-7-20-13-14/h2-5,7-8,10,13H,6,9,11-12H2,1H3. The van der Waals surface area contributed by atoms with Gasteiger partial charge in [0.1, 0.15) is 11.5 Å². The van der Waals surface area contributed by atoms with E-state index < -0.39 is 0 Å². The van der Waals surface area contributed by atoms with Crippen molar-refractivity contribution in [3.63, 3.8) is 0 Å². The first kappa shape index (κ1) is 16.5. The van der Waals surface area contributed by atoms with Crippen LogP contribution in [-0.4, -0.2) is 52.6 Å². The molecule has 1 aliphatic rings. The van der Waals surface area contributed by atoms with Crippen LogP contribution in [0.1, 0.15) is 5.82 Å². The van der Waals surface area contributed by atoms with Crippen LogP contribution in [-0.2, 0) is 20.0 Å². The molecule has 0 amide bonds. The van der Waals surface area contributed by atoms with E-state index >= 15 is 0 Å². The van der Waals surface area contributed by atoms with Gasteiger partial charge in [-0.05, 0) is 24.3 Å². The number of anilines is 1. The molecule has 0 saturated carbocycles. The molecule has 9 heteroatoms. The fourth-order valence-corrected chi connectivity index (χ4v) is 3.37. The Bertz CT molecular complexity index is 1060. The molecule has 0 radical (unpaired) electrons. The van der Waals surface area contributed by atoms with E-state index in [9.17, 15) is 0 Å². The number of rotatable bonds is 3. The van der Waals surface area contributed by atoms with E-state index in [2.05, 4.69) is 30.2 Å². The third-order valence-electron chi connectivity index (χ3n) is 4.88. The van der Waals surface area contributed by atoms with E-state index in [0.29, 0.717) is 0 Å². The molecule has 28 heavy (non-hydrogen) atoms. The zero-order valence-corrected chi connectivity index (χ0v) is 15.5. The number of imidazole rings is 1. The summed E-state index contributed by atoms with van der Waals surface area (Å²) in [5, 5.41) is 13.4. The Morgan fingerprint density at radius 2 is 1.96 bits per heavy atom. The molecule has 0 N–H and O–H groups in total. The van der Waals surface area contributed by atoms with E-state index in [1.54, 1.807) is 18.6 Å². The van der Waals surface area contributed by atoms with Crippen molar-refractivity contribution in [2.24, 2.45) is 7.05 Å². The third kappa shape index (κ3) is 3.00. The molecule has 0 spiro atoms. The van der Waals surface area contributed by atoms with Gasteiger partial charge in [-0.15, -0.1) is 10.2 Å². The first-order valence-electron chi connectivity index (χ1n) is 9.18. The quantitative estimate of drug-likeness (QED) is 0.539. The average molecular weight is 373 g/mol. The van der Waals surface area contributed by atoms with Crippen molar-refractivity contribution in [1.29, 1.82) is 0 Å². The van der Waals surface area contributed by atoms with Crippen LogP contribution in [0.4, 0.5) is 5.82 Å². The number of nitrogens with zero attached hydrogens (tertiary/aromatic N) is 9. The van der Waals surface area contributed by atoms with Gasteiger partial charge in [0.2, 0.25) is 0 Å². The first-order valence-corrected chi connectivity index (χ1v) is 9.18. The van der Waals surface area contributed by atoms with Crippen molar-refractivity contribution < 1.29 is 0 Å². The van der Waals surface area contributed by atoms with Crippen LogP contribution in [0.2, 0.25) is 0 Å². The minimum atomic E-state index is 0.732. The van der Waals surface area contributed by atoms with Crippen LogP contribution < -0.4 is 4.90 Å². The van der Waals surface area contributed by atoms with Gasteiger partial charge in [0.25, 0.3) is 0 Å². The maximum atomic E-state index is 4.70. The molecule has 0 unspecified atom stereocenters. The van der Waals surface area contributed by atoms with E-state index in [-0.39, 0.29) is 0 Å². The van der Waals surface area contributed by atoms with Gasteiger partial charge >= 0.3 is 0 Å². The minimum Gasteiger partial charge on any atom is -0.353 e. The smallest absolute Gasteiger partial charge is 0.182 e. The molecule has 0 bridgehead atoms. The van der Waals surface area contributed by atoms with Gasteiger partial charge in [0.05, 0.1) is 6.54 Å². The summed E-state index contributed by atoms with van der Waals surface area (Å²) in [7, 11) is 1.95. The van der Waals surface area contributed by atoms with Crippen molar-refractivity contribution in [3.8, 4) is 22.9 Å². The van der Waals surface area contributed by atoms with Gasteiger partial charge in [-0.1, -0.05) is 0 Å². The second-order valence-electron chi connectivity index (χ2n) is 6.69. The van der Waals surface area contributed by atoms with Crippen LogP contribution in [0.5, 0.6) is 0 Å². The Labute approximate surface area is 161 Å². The van der Waals surface area contributed by atoms with Gasteiger partial charge in [-0.2, -0.15) is 5.10 Å². The van der Waals surface area contributed by atoms with Gasteiger partial charge in [-0.3, -0.25) is 4.98 Å². The molecule has 1 aliphatic heterocycles. The Morgan fingerprint density at radius 3 is 2.71 bits per heavy atom. The topological polar surface area (TPSA) is 90.4 Å². The Balaban J connectivity index is 1.32. The molecule has 0 fully saturated rings. The lowest BCUT2D eigenvalue weighted by molar-refractivity contribution is 0.609. The zero-order chi connectivity index (χ0) is 18.9. The number of hydrogen-bond donors (Lipinski definition) is 0. The molecule has 0 saturated heterocycles. The Hall–Kier alpha value is -3.62. The van der Waals surface area contributed by atoms with Gasteiger partial charge in [0, 0.05) is 56.9 Å². The van der Waals surface area contributed by atoms with Crippen molar-refractivity contribution in [2.75, 3.05) is 18.0 Å². The van der Waals surface area contributed by atoms with Gasteiger partial charge < -0.3 is 9.47 Å². The fraction of sp³-hybridized carbons (Fsp3) is 0.263. The molecule has 5 rings (SSSR count). The van der Waals surface area contributed by atoms with E-state index in [1.165, 1.54) is 0 Å². The lowest BCUT2D eigenvalue weighted by Crippen LogP contribution is -2.27. The molecule has 0 aliphatic carbocycles. The predicted molar refractivity (Wildman–Crippen MR) is 103 cm³/mol. The summed E-state index contributed by atoms with van der Waals surface area (Å²) < 4.78 is 3.91. The maximum Gasteiger partial charge on any atom is 0.182 e. The molecular weight excluding hydrogens is 354 g/mol. The average Bonchev–Trinajstić information content (AvgIpc) is 3.30. The van der Waals surface area contributed by atoms with Crippen molar-refractivity contribution in [3.05, 3.63) is 54.9 Å². The highest BCUT2D eigenvalue weighted by Gasteiger charge is 2.19. The second kappa shape index (κ2) is 6.84. The van der Waals surface area contributed by atoms with Crippen LogP contribution in [0.25, 0.3) is 22.9 Å². The summed E-state index contributed by atoms with van der Waals surface area (Å²) >= 11 is 0. The Kier molecular flexibility index (Phi) is 4.04. The van der Waals surface area contributed by atoms with Crippen molar-refractivity contribution in [2.45, 2.75) is 13.0 Å². The van der Waals surface area contributed by atoms with Crippen LogP contribution in [0, 0.1) is 0 Å². The summed E-state index contributed by atoms with van der Waals surface area (Å²) in [5.74, 6) is 3.38. The van der Waals surface area contributed by atoms with E-state index in [4.69, 9.17) is 4.98 Å². The predicted octanol–water partition coefficient (Wildman–Crippen LogP) is 1.59. The SMILES string of the molecule is Cn1ccnc1-c1ccc(N2CCc3nc(-c4cccnc4)nn3CC2)nn1. The summed E-state index contributed by atoms with van der Waals surface area (Å²) in [6, 6.07) is 7.84. The maximum absolute atomic E-state index is 4.70. The molecule has 4 aromatic rings. The normalized spacial score (nSPS) is 14.0. The highest BCUT2D eigenvalue weighted by molar-refractivity contribution is 5.53. The lowest BCUT2D eigenvalue weighted by Gasteiger charge is -2.20. The second-order valence-corrected chi connectivity index (χ2v) is 6.69. The minimum absolute atomic E-state index is 0.732. The van der Waals surface area contributed by atoms with Crippen molar-refractivity contribution in [1.82, 2.24) is 39.5 Å². The highest BCUT2D eigenvalue weighted by atomic mass is 15.4. The lowest BCUT2D eigenvalue weighted by atomic mass is 10.3. The van der Waals surface area contributed by atoms with E-state index in [1.807, 2.05) is 46.8 Å². The van der Waals surface area contributed by atoms with Gasteiger partial charge in [-0.25, -0.2) is 14.6 Å². The Morgan fingerprint density at radius 1 is 1.00 bits per heavy atom. The largest absolute Gasteiger partial charge is 0.353 e. The van der Waals surface area contributed by atoms with Gasteiger partial charge in [0.15, 0.2) is 17.5 Å². The third-order valence-corrected chi connectivity index (χ3v) is 4.88. The fourth-order valence-electron chi connectivity index (χ4n) is 3.37. The van der Waals surface area contributed by atoms with Crippen LogP contribution in [0.15, 0.2) is 49.1 Å². The monoisotopic (exact) mass is 373 g/mol. The number of fused-ring (bicyclic) bond motifs is 1. The zero-order valence-electron chi connectivity index (χ0n) is 15.5.